The number of hydrogen-bond acceptors (Lipinski definition) is 3. The Hall–Kier alpha value is -2.49. The first-order valence-corrected chi connectivity index (χ1v) is 10.1. The third-order valence-corrected chi connectivity index (χ3v) is 5.29. The SMILES string of the molecule is CC/C=C/C1=C(CC)CN(c2nn(CC3=CCC=CC=C3)c(NC)c2C)C1. The maximum absolute atomic E-state index is 5.00. The van der Waals surface area contributed by atoms with Gasteiger partial charge in [-0.15, -0.1) is 0 Å². The van der Waals surface area contributed by atoms with Crippen molar-refractivity contribution in [3.05, 3.63) is 64.8 Å². The van der Waals surface area contributed by atoms with E-state index in [1.807, 2.05) is 7.05 Å². The molecular formula is C23H32N4. The first kappa shape index (κ1) is 19.3. The van der Waals surface area contributed by atoms with Crippen LogP contribution in [-0.2, 0) is 6.54 Å². The molecule has 1 aromatic rings. The molecule has 0 atom stereocenters. The van der Waals surface area contributed by atoms with Crippen molar-refractivity contribution in [2.75, 3.05) is 30.4 Å². The quantitative estimate of drug-likeness (QED) is 0.725. The summed E-state index contributed by atoms with van der Waals surface area (Å²) < 4.78 is 2.11. The van der Waals surface area contributed by atoms with E-state index in [4.69, 9.17) is 5.10 Å². The molecule has 0 spiro atoms. The van der Waals surface area contributed by atoms with Crippen LogP contribution in [0.2, 0.25) is 0 Å². The summed E-state index contributed by atoms with van der Waals surface area (Å²) in [6, 6.07) is 0. The Labute approximate surface area is 163 Å². The minimum Gasteiger partial charge on any atom is -0.373 e. The van der Waals surface area contributed by atoms with Crippen molar-refractivity contribution in [2.45, 2.75) is 46.6 Å². The predicted octanol–water partition coefficient (Wildman–Crippen LogP) is 5.17. The van der Waals surface area contributed by atoms with Crippen molar-refractivity contribution in [3.8, 4) is 0 Å². The van der Waals surface area contributed by atoms with Gasteiger partial charge in [0.25, 0.3) is 0 Å². The molecule has 0 fully saturated rings. The Morgan fingerprint density at radius 1 is 1.22 bits per heavy atom. The summed E-state index contributed by atoms with van der Waals surface area (Å²) in [5, 5.41) is 8.37. The molecule has 1 aliphatic heterocycles. The third-order valence-electron chi connectivity index (χ3n) is 5.29. The van der Waals surface area contributed by atoms with Gasteiger partial charge in [-0.25, -0.2) is 4.68 Å². The summed E-state index contributed by atoms with van der Waals surface area (Å²) in [7, 11) is 1.98. The summed E-state index contributed by atoms with van der Waals surface area (Å²) >= 11 is 0. The van der Waals surface area contributed by atoms with Crippen molar-refractivity contribution in [1.29, 1.82) is 0 Å². The zero-order valence-electron chi connectivity index (χ0n) is 17.1. The van der Waals surface area contributed by atoms with E-state index in [1.165, 1.54) is 22.3 Å². The van der Waals surface area contributed by atoms with E-state index in [0.29, 0.717) is 0 Å². The van der Waals surface area contributed by atoms with Crippen LogP contribution in [0.25, 0.3) is 0 Å². The topological polar surface area (TPSA) is 33.1 Å². The van der Waals surface area contributed by atoms with Crippen molar-refractivity contribution in [2.24, 2.45) is 0 Å². The number of allylic oxidation sites excluding steroid dienone is 7. The van der Waals surface area contributed by atoms with Crippen LogP contribution in [0.1, 0.15) is 38.7 Å². The Kier molecular flexibility index (Phi) is 6.38. The van der Waals surface area contributed by atoms with Crippen LogP contribution in [0.5, 0.6) is 0 Å². The Morgan fingerprint density at radius 2 is 2.07 bits per heavy atom. The number of anilines is 2. The summed E-state index contributed by atoms with van der Waals surface area (Å²) in [6.07, 6.45) is 18.6. The van der Waals surface area contributed by atoms with Crippen LogP contribution in [0.4, 0.5) is 11.6 Å². The van der Waals surface area contributed by atoms with Crippen LogP contribution in [0, 0.1) is 6.92 Å². The van der Waals surface area contributed by atoms with E-state index >= 15 is 0 Å². The summed E-state index contributed by atoms with van der Waals surface area (Å²) in [6.45, 7) is 9.34. The standard InChI is InChI=1S/C23H32N4/c1-5-7-14-21-17-26(16-20(21)6-2)23-18(3)22(24-4)27(25-23)15-19-12-10-8-9-11-13-19/h7-10,12-14,24H,5-6,11,15-17H2,1-4H3/b14-7+. The molecule has 0 saturated carbocycles. The average Bonchev–Trinajstić information content (AvgIpc) is 3.10. The molecule has 1 N–H and O–H groups in total. The predicted molar refractivity (Wildman–Crippen MR) is 116 cm³/mol. The van der Waals surface area contributed by atoms with Crippen molar-refractivity contribution < 1.29 is 0 Å². The molecular weight excluding hydrogens is 332 g/mol. The van der Waals surface area contributed by atoms with Gasteiger partial charge in [0.05, 0.1) is 6.54 Å². The smallest absolute Gasteiger partial charge is 0.156 e. The molecule has 144 valence electrons. The minimum absolute atomic E-state index is 0.791. The molecule has 27 heavy (non-hydrogen) atoms. The van der Waals surface area contributed by atoms with E-state index in [2.05, 4.69) is 78.2 Å². The summed E-state index contributed by atoms with van der Waals surface area (Å²) in [4.78, 5) is 2.42. The first-order valence-electron chi connectivity index (χ1n) is 10.1. The molecule has 4 nitrogen and oxygen atoms in total. The second-order valence-electron chi connectivity index (χ2n) is 7.16. The normalized spacial score (nSPS) is 17.2. The van der Waals surface area contributed by atoms with Crippen LogP contribution < -0.4 is 10.2 Å². The first-order chi connectivity index (χ1) is 13.2. The van der Waals surface area contributed by atoms with Gasteiger partial charge in [-0.05, 0) is 42.9 Å². The van der Waals surface area contributed by atoms with E-state index in [0.717, 1.165) is 50.5 Å². The molecule has 4 heteroatoms. The lowest BCUT2D eigenvalue weighted by molar-refractivity contribution is 0.686. The average molecular weight is 365 g/mol. The maximum atomic E-state index is 5.00. The van der Waals surface area contributed by atoms with Crippen molar-refractivity contribution in [3.63, 3.8) is 0 Å². The number of hydrogen-bond donors (Lipinski definition) is 1. The maximum Gasteiger partial charge on any atom is 0.156 e. The molecule has 2 heterocycles. The summed E-state index contributed by atoms with van der Waals surface area (Å²) in [5.74, 6) is 2.20. The number of rotatable bonds is 7. The zero-order chi connectivity index (χ0) is 19.2. The molecule has 3 rings (SSSR count). The van der Waals surface area contributed by atoms with Crippen LogP contribution in [0.15, 0.2) is 59.3 Å². The highest BCUT2D eigenvalue weighted by Gasteiger charge is 2.25. The fraction of sp³-hybridized carbons (Fsp3) is 0.435. The Bertz CT molecular complexity index is 818. The van der Waals surface area contributed by atoms with Crippen molar-refractivity contribution in [1.82, 2.24) is 9.78 Å². The minimum atomic E-state index is 0.791. The van der Waals surface area contributed by atoms with Crippen LogP contribution in [-0.4, -0.2) is 29.9 Å². The van der Waals surface area contributed by atoms with Gasteiger partial charge in [-0.3, -0.25) is 0 Å². The van der Waals surface area contributed by atoms with E-state index in [9.17, 15) is 0 Å². The Balaban J connectivity index is 1.84. The Morgan fingerprint density at radius 3 is 2.81 bits per heavy atom. The van der Waals surface area contributed by atoms with Crippen LogP contribution >= 0.6 is 0 Å². The third kappa shape index (κ3) is 4.26. The molecule has 0 amide bonds. The van der Waals surface area contributed by atoms with E-state index < -0.39 is 0 Å². The molecule has 0 bridgehead atoms. The van der Waals surface area contributed by atoms with E-state index in [-0.39, 0.29) is 0 Å². The second kappa shape index (κ2) is 8.94. The number of aromatic nitrogens is 2. The van der Waals surface area contributed by atoms with Gasteiger partial charge in [-0.1, -0.05) is 56.4 Å². The second-order valence-corrected chi connectivity index (χ2v) is 7.16. The number of nitrogens with one attached hydrogen (secondary N) is 1. The lowest BCUT2D eigenvalue weighted by Gasteiger charge is -2.16. The molecule has 0 radical (unpaired) electrons. The molecule has 0 saturated heterocycles. The fourth-order valence-electron chi connectivity index (χ4n) is 3.81. The van der Waals surface area contributed by atoms with Gasteiger partial charge in [0.2, 0.25) is 0 Å². The van der Waals surface area contributed by atoms with Gasteiger partial charge >= 0.3 is 0 Å². The van der Waals surface area contributed by atoms with Crippen LogP contribution in [0.3, 0.4) is 0 Å². The van der Waals surface area contributed by atoms with Gasteiger partial charge < -0.3 is 10.2 Å². The molecule has 2 aliphatic rings. The molecule has 1 aromatic heterocycles. The largest absolute Gasteiger partial charge is 0.373 e. The van der Waals surface area contributed by atoms with E-state index in [1.54, 1.807) is 0 Å². The highest BCUT2D eigenvalue weighted by atomic mass is 15.4. The lowest BCUT2D eigenvalue weighted by atomic mass is 10.1. The molecule has 0 unspecified atom stereocenters. The van der Waals surface area contributed by atoms with Gasteiger partial charge in [0.1, 0.15) is 5.82 Å². The molecule has 1 aliphatic carbocycles. The highest BCUT2D eigenvalue weighted by molar-refractivity contribution is 5.63. The lowest BCUT2D eigenvalue weighted by Crippen LogP contribution is -2.22. The zero-order valence-corrected chi connectivity index (χ0v) is 17.1. The highest BCUT2D eigenvalue weighted by Crippen LogP contribution is 2.32. The number of nitrogens with zero attached hydrogens (tertiary/aromatic N) is 3. The monoisotopic (exact) mass is 364 g/mol. The van der Waals surface area contributed by atoms with Gasteiger partial charge in [-0.2, -0.15) is 5.10 Å². The van der Waals surface area contributed by atoms with Crippen molar-refractivity contribution >= 4 is 11.6 Å². The fourth-order valence-corrected chi connectivity index (χ4v) is 3.81. The van der Waals surface area contributed by atoms with Gasteiger partial charge in [0, 0.05) is 25.7 Å². The van der Waals surface area contributed by atoms with Gasteiger partial charge in [0.15, 0.2) is 5.82 Å². The molecule has 0 aromatic carbocycles. The summed E-state index contributed by atoms with van der Waals surface area (Å²) in [5.41, 5.74) is 5.51.